The summed E-state index contributed by atoms with van der Waals surface area (Å²) in [5.74, 6) is 2.15. The number of hydrogen-bond acceptors (Lipinski definition) is 2. The van der Waals surface area contributed by atoms with Crippen molar-refractivity contribution in [2.75, 3.05) is 32.6 Å². The molecule has 0 aliphatic rings. The molecule has 1 aromatic carbocycles. The van der Waals surface area contributed by atoms with Crippen LogP contribution in [-0.2, 0) is 6.54 Å². The molecule has 0 radical (unpaired) electrons. The van der Waals surface area contributed by atoms with Crippen LogP contribution in [0.2, 0.25) is 0 Å². The summed E-state index contributed by atoms with van der Waals surface area (Å²) in [6.45, 7) is 1.70. The minimum atomic E-state index is 0.726. The largest absolute Gasteiger partial charge is 0.356 e. The lowest BCUT2D eigenvalue weighted by Gasteiger charge is -2.17. The monoisotopic (exact) mass is 265 g/mol. The molecule has 3 nitrogen and oxygen atoms in total. The van der Waals surface area contributed by atoms with Crippen LogP contribution in [0.4, 0.5) is 0 Å². The maximum absolute atomic E-state index is 4.62. The standard InChI is InChI=1S/C14H23N3S/c1-17(2)14(15-10-7-11-18-3)16-12-13-8-5-4-6-9-13/h4-6,8-9H,7,10-12H2,1-3H3,(H,15,16). The van der Waals surface area contributed by atoms with Crippen molar-refractivity contribution >= 4 is 17.7 Å². The van der Waals surface area contributed by atoms with Crippen LogP contribution >= 0.6 is 11.8 Å². The predicted molar refractivity (Wildman–Crippen MR) is 82.3 cm³/mol. The molecule has 1 rings (SSSR count). The Morgan fingerprint density at radius 1 is 1.28 bits per heavy atom. The van der Waals surface area contributed by atoms with E-state index in [9.17, 15) is 0 Å². The normalized spacial score (nSPS) is 11.4. The van der Waals surface area contributed by atoms with Crippen molar-refractivity contribution in [3.63, 3.8) is 0 Å². The molecule has 0 saturated carbocycles. The van der Waals surface area contributed by atoms with Crippen molar-refractivity contribution in [3.8, 4) is 0 Å². The van der Waals surface area contributed by atoms with Crippen molar-refractivity contribution in [3.05, 3.63) is 35.9 Å². The van der Waals surface area contributed by atoms with Crippen LogP contribution in [0.5, 0.6) is 0 Å². The second kappa shape index (κ2) is 8.86. The molecule has 100 valence electrons. The van der Waals surface area contributed by atoms with E-state index in [4.69, 9.17) is 0 Å². The fourth-order valence-corrected chi connectivity index (χ4v) is 1.95. The van der Waals surface area contributed by atoms with Gasteiger partial charge in [-0.1, -0.05) is 30.3 Å². The number of hydrogen-bond donors (Lipinski definition) is 1. The summed E-state index contributed by atoms with van der Waals surface area (Å²) in [4.78, 5) is 6.65. The molecule has 0 aliphatic heterocycles. The Hall–Kier alpha value is -1.16. The molecule has 0 spiro atoms. The lowest BCUT2D eigenvalue weighted by atomic mass is 10.2. The van der Waals surface area contributed by atoms with Crippen LogP contribution in [0.25, 0.3) is 0 Å². The Balaban J connectivity index is 2.45. The third-order valence-electron chi connectivity index (χ3n) is 2.49. The highest BCUT2D eigenvalue weighted by Gasteiger charge is 2.00. The van der Waals surface area contributed by atoms with Crippen molar-refractivity contribution in [1.82, 2.24) is 10.2 Å². The van der Waals surface area contributed by atoms with Crippen molar-refractivity contribution in [1.29, 1.82) is 0 Å². The third kappa shape index (κ3) is 5.96. The highest BCUT2D eigenvalue weighted by molar-refractivity contribution is 7.98. The molecule has 1 aromatic rings. The number of thioether (sulfide) groups is 1. The van der Waals surface area contributed by atoms with E-state index in [1.165, 1.54) is 17.7 Å². The average Bonchev–Trinajstić information content (AvgIpc) is 2.38. The molecule has 0 saturated heterocycles. The quantitative estimate of drug-likeness (QED) is 0.486. The zero-order valence-electron chi connectivity index (χ0n) is 11.5. The van der Waals surface area contributed by atoms with E-state index in [-0.39, 0.29) is 0 Å². The van der Waals surface area contributed by atoms with E-state index >= 15 is 0 Å². The van der Waals surface area contributed by atoms with Gasteiger partial charge in [-0.15, -0.1) is 0 Å². The second-order valence-corrected chi connectivity index (χ2v) is 5.28. The van der Waals surface area contributed by atoms with Gasteiger partial charge in [0.1, 0.15) is 0 Å². The van der Waals surface area contributed by atoms with Crippen LogP contribution < -0.4 is 5.32 Å². The fraction of sp³-hybridized carbons (Fsp3) is 0.500. The zero-order chi connectivity index (χ0) is 13.2. The topological polar surface area (TPSA) is 27.6 Å². The summed E-state index contributed by atoms with van der Waals surface area (Å²) in [7, 11) is 4.04. The van der Waals surface area contributed by atoms with Gasteiger partial charge in [-0.25, -0.2) is 4.99 Å². The lowest BCUT2D eigenvalue weighted by molar-refractivity contribution is 0.578. The molecule has 0 aromatic heterocycles. The van der Waals surface area contributed by atoms with Gasteiger partial charge in [0.2, 0.25) is 0 Å². The van der Waals surface area contributed by atoms with Crippen LogP contribution in [0.1, 0.15) is 12.0 Å². The Morgan fingerprint density at radius 2 is 2.00 bits per heavy atom. The van der Waals surface area contributed by atoms with Gasteiger partial charge < -0.3 is 10.2 Å². The molecule has 0 bridgehead atoms. The van der Waals surface area contributed by atoms with Crippen molar-refractivity contribution in [2.45, 2.75) is 13.0 Å². The molecule has 18 heavy (non-hydrogen) atoms. The Bertz CT molecular complexity index is 349. The molecule has 0 heterocycles. The Kier molecular flexibility index (Phi) is 7.34. The van der Waals surface area contributed by atoms with E-state index < -0.39 is 0 Å². The SMILES string of the molecule is CSCCCNC(=NCc1ccccc1)N(C)C. The van der Waals surface area contributed by atoms with Gasteiger partial charge >= 0.3 is 0 Å². The highest BCUT2D eigenvalue weighted by atomic mass is 32.2. The molecule has 0 unspecified atom stereocenters. The van der Waals surface area contributed by atoms with Crippen molar-refractivity contribution in [2.24, 2.45) is 4.99 Å². The second-order valence-electron chi connectivity index (χ2n) is 4.29. The van der Waals surface area contributed by atoms with Crippen LogP contribution in [0, 0.1) is 0 Å². The summed E-state index contributed by atoms with van der Waals surface area (Å²) in [6.07, 6.45) is 3.30. The first-order chi connectivity index (χ1) is 8.74. The van der Waals surface area contributed by atoms with E-state index in [1.54, 1.807) is 0 Å². The first-order valence-corrected chi connectivity index (χ1v) is 7.62. The number of nitrogens with one attached hydrogen (secondary N) is 1. The van der Waals surface area contributed by atoms with Crippen LogP contribution in [0.15, 0.2) is 35.3 Å². The Labute approximate surface area is 115 Å². The van der Waals surface area contributed by atoms with E-state index in [0.717, 1.165) is 19.0 Å². The van der Waals surface area contributed by atoms with Gasteiger partial charge in [0.25, 0.3) is 0 Å². The molecular weight excluding hydrogens is 242 g/mol. The minimum Gasteiger partial charge on any atom is -0.356 e. The van der Waals surface area contributed by atoms with Crippen LogP contribution in [-0.4, -0.2) is 43.5 Å². The lowest BCUT2D eigenvalue weighted by Crippen LogP contribution is -2.37. The summed E-state index contributed by atoms with van der Waals surface area (Å²) in [5, 5.41) is 3.39. The highest BCUT2D eigenvalue weighted by Crippen LogP contribution is 2.00. The Morgan fingerprint density at radius 3 is 2.61 bits per heavy atom. The van der Waals surface area contributed by atoms with E-state index in [0.29, 0.717) is 0 Å². The van der Waals surface area contributed by atoms with Gasteiger partial charge in [0.05, 0.1) is 6.54 Å². The zero-order valence-corrected chi connectivity index (χ0v) is 12.3. The average molecular weight is 265 g/mol. The molecule has 4 heteroatoms. The minimum absolute atomic E-state index is 0.726. The van der Waals surface area contributed by atoms with Crippen LogP contribution in [0.3, 0.4) is 0 Å². The number of aliphatic imine (C=N–C) groups is 1. The summed E-state index contributed by atoms with van der Waals surface area (Å²) in [5.41, 5.74) is 1.24. The van der Waals surface area contributed by atoms with E-state index in [2.05, 4.69) is 28.7 Å². The molecule has 1 N–H and O–H groups in total. The van der Waals surface area contributed by atoms with Gasteiger partial charge in [-0.05, 0) is 24.0 Å². The number of nitrogens with zero attached hydrogens (tertiary/aromatic N) is 2. The number of guanidine groups is 1. The van der Waals surface area contributed by atoms with E-state index in [1.807, 2.05) is 49.0 Å². The summed E-state index contributed by atoms with van der Waals surface area (Å²) >= 11 is 1.88. The molecule has 0 amide bonds. The molecule has 0 atom stereocenters. The van der Waals surface area contributed by atoms with Gasteiger partial charge in [0.15, 0.2) is 5.96 Å². The van der Waals surface area contributed by atoms with Gasteiger partial charge in [0, 0.05) is 20.6 Å². The molecule has 0 aliphatic carbocycles. The third-order valence-corrected chi connectivity index (χ3v) is 3.18. The predicted octanol–water partition coefficient (Wildman–Crippen LogP) is 2.45. The smallest absolute Gasteiger partial charge is 0.193 e. The van der Waals surface area contributed by atoms with Crippen molar-refractivity contribution < 1.29 is 0 Å². The summed E-state index contributed by atoms with van der Waals surface area (Å²) < 4.78 is 0. The number of rotatable bonds is 6. The summed E-state index contributed by atoms with van der Waals surface area (Å²) in [6, 6.07) is 10.3. The first-order valence-electron chi connectivity index (χ1n) is 6.22. The first kappa shape index (κ1) is 14.9. The van der Waals surface area contributed by atoms with Gasteiger partial charge in [-0.2, -0.15) is 11.8 Å². The fourth-order valence-electron chi connectivity index (χ4n) is 1.52. The maximum Gasteiger partial charge on any atom is 0.193 e. The maximum atomic E-state index is 4.62. The number of benzene rings is 1. The molecular formula is C14H23N3S. The van der Waals surface area contributed by atoms with Gasteiger partial charge in [-0.3, -0.25) is 0 Å². The molecule has 0 fully saturated rings.